The first-order valence-corrected chi connectivity index (χ1v) is 5.35. The van der Waals surface area contributed by atoms with Gasteiger partial charge in [0.1, 0.15) is 12.1 Å². The van der Waals surface area contributed by atoms with Gasteiger partial charge in [-0.1, -0.05) is 0 Å². The molecule has 112 valence electrons. The predicted molar refractivity (Wildman–Crippen MR) is 68.2 cm³/mol. The fourth-order valence-corrected chi connectivity index (χ4v) is 0.721. The van der Waals surface area contributed by atoms with Crippen LogP contribution < -0.4 is 22.9 Å². The molecular formula is C9H21N5O5. The van der Waals surface area contributed by atoms with Crippen LogP contribution in [0.1, 0.15) is 12.8 Å². The third kappa shape index (κ3) is 14.0. The number of nitrogens with zero attached hydrogens (tertiary/aromatic N) is 1. The number of carboxylic acid groups (broad SMARTS) is 2. The number of nitrogens with two attached hydrogens (primary N) is 4. The van der Waals surface area contributed by atoms with Crippen LogP contribution in [0.2, 0.25) is 0 Å². The molecule has 0 fully saturated rings. The Hall–Kier alpha value is -1.91. The van der Waals surface area contributed by atoms with Gasteiger partial charge in [0.2, 0.25) is 0 Å². The molecule has 0 aliphatic rings. The maximum absolute atomic E-state index is 10.2. The van der Waals surface area contributed by atoms with E-state index in [1.165, 1.54) is 0 Å². The van der Waals surface area contributed by atoms with Crippen molar-refractivity contribution in [3.8, 4) is 0 Å². The van der Waals surface area contributed by atoms with Gasteiger partial charge in [0.25, 0.3) is 0 Å². The zero-order valence-electron chi connectivity index (χ0n) is 10.4. The van der Waals surface area contributed by atoms with Gasteiger partial charge < -0.3 is 38.3 Å². The molecule has 0 aliphatic carbocycles. The van der Waals surface area contributed by atoms with E-state index in [4.69, 9.17) is 38.3 Å². The first-order chi connectivity index (χ1) is 8.72. The molecule has 2 unspecified atom stereocenters. The highest BCUT2D eigenvalue weighted by Gasteiger charge is 2.09. The van der Waals surface area contributed by atoms with Gasteiger partial charge in [0.05, 0.1) is 6.61 Å². The van der Waals surface area contributed by atoms with Crippen molar-refractivity contribution < 1.29 is 24.9 Å². The van der Waals surface area contributed by atoms with Crippen molar-refractivity contribution in [1.29, 1.82) is 0 Å². The van der Waals surface area contributed by atoms with Crippen LogP contribution in [-0.4, -0.2) is 58.5 Å². The summed E-state index contributed by atoms with van der Waals surface area (Å²) in [5, 5.41) is 24.3. The molecule has 0 radical (unpaired) electrons. The Labute approximate surface area is 110 Å². The molecule has 0 aromatic heterocycles. The minimum atomic E-state index is -1.18. The molecule has 0 aliphatic heterocycles. The first-order valence-electron chi connectivity index (χ1n) is 5.35. The summed E-state index contributed by atoms with van der Waals surface area (Å²) < 4.78 is 0. The summed E-state index contributed by atoms with van der Waals surface area (Å²) in [7, 11) is 0. The molecule has 0 aromatic carbocycles. The number of aliphatic hydroxyl groups excluding tert-OH is 1. The van der Waals surface area contributed by atoms with Crippen LogP contribution in [0.25, 0.3) is 0 Å². The molecule has 0 aromatic rings. The zero-order chi connectivity index (χ0) is 15.4. The fourth-order valence-electron chi connectivity index (χ4n) is 0.721. The third-order valence-electron chi connectivity index (χ3n) is 1.80. The molecule has 0 saturated heterocycles. The van der Waals surface area contributed by atoms with Crippen molar-refractivity contribution in [3.63, 3.8) is 0 Å². The summed E-state index contributed by atoms with van der Waals surface area (Å²) in [5.41, 5.74) is 20.1. The fraction of sp³-hybridized carbons (Fsp3) is 0.667. The molecule has 10 heteroatoms. The lowest BCUT2D eigenvalue weighted by molar-refractivity contribution is -0.140. The van der Waals surface area contributed by atoms with Gasteiger partial charge in [-0.05, 0) is 12.8 Å². The van der Waals surface area contributed by atoms with Crippen LogP contribution in [-0.2, 0) is 9.59 Å². The summed E-state index contributed by atoms with van der Waals surface area (Å²) in [6.45, 7) is -0.0847. The van der Waals surface area contributed by atoms with E-state index in [2.05, 4.69) is 4.99 Å². The highest BCUT2D eigenvalue weighted by molar-refractivity contribution is 5.75. The van der Waals surface area contributed by atoms with Crippen molar-refractivity contribution in [2.24, 2.45) is 27.9 Å². The quantitative estimate of drug-likeness (QED) is 0.142. The van der Waals surface area contributed by atoms with Crippen molar-refractivity contribution in [3.05, 3.63) is 0 Å². The summed E-state index contributed by atoms with van der Waals surface area (Å²) in [5.74, 6) is -2.17. The minimum absolute atomic E-state index is 0.0129. The standard InChI is InChI=1S/C6H14N4O2.C3H7NO3/c7-4(5(11)12)2-1-3-10-6(8)9;4-2(1-5)3(6)7/h4H,1-3,7H2,(H,11,12)(H4,8,9,10);2,5H,1,4H2,(H,6,7). The van der Waals surface area contributed by atoms with Crippen molar-refractivity contribution >= 4 is 17.9 Å². The van der Waals surface area contributed by atoms with E-state index in [9.17, 15) is 9.59 Å². The lowest BCUT2D eigenvalue weighted by Crippen LogP contribution is -2.33. The Balaban J connectivity index is 0. The SMILES string of the molecule is NC(CO)C(=O)O.NC(N)=NCCCC(N)C(=O)O. The van der Waals surface area contributed by atoms with E-state index in [1.807, 2.05) is 0 Å². The molecule has 0 heterocycles. The molecule has 0 amide bonds. The van der Waals surface area contributed by atoms with Crippen LogP contribution in [0.3, 0.4) is 0 Å². The highest BCUT2D eigenvalue weighted by Crippen LogP contribution is 1.94. The maximum Gasteiger partial charge on any atom is 0.322 e. The van der Waals surface area contributed by atoms with Gasteiger partial charge in [0.15, 0.2) is 5.96 Å². The molecule has 0 saturated carbocycles. The third-order valence-corrected chi connectivity index (χ3v) is 1.80. The van der Waals surface area contributed by atoms with Crippen molar-refractivity contribution in [2.45, 2.75) is 24.9 Å². The van der Waals surface area contributed by atoms with Gasteiger partial charge in [-0.15, -0.1) is 0 Å². The Morgan fingerprint density at radius 3 is 1.79 bits per heavy atom. The largest absolute Gasteiger partial charge is 0.480 e. The van der Waals surface area contributed by atoms with E-state index in [-0.39, 0.29) is 5.96 Å². The second-order valence-electron chi connectivity index (χ2n) is 3.52. The van der Waals surface area contributed by atoms with Gasteiger partial charge in [-0.2, -0.15) is 0 Å². The Morgan fingerprint density at radius 2 is 1.53 bits per heavy atom. The average Bonchev–Trinajstić information content (AvgIpc) is 2.33. The number of aliphatic hydroxyl groups is 1. The van der Waals surface area contributed by atoms with E-state index < -0.39 is 30.6 Å². The second kappa shape index (κ2) is 11.2. The van der Waals surface area contributed by atoms with Gasteiger partial charge >= 0.3 is 11.9 Å². The van der Waals surface area contributed by atoms with E-state index in [0.29, 0.717) is 19.4 Å². The Bertz CT molecular complexity index is 305. The molecule has 0 bridgehead atoms. The normalized spacial score (nSPS) is 12.6. The van der Waals surface area contributed by atoms with Gasteiger partial charge in [-0.25, -0.2) is 0 Å². The molecule has 10 nitrogen and oxygen atoms in total. The molecule has 11 N–H and O–H groups in total. The number of hydrogen-bond donors (Lipinski definition) is 7. The number of carbonyl (C=O) groups is 2. The van der Waals surface area contributed by atoms with Crippen LogP contribution in [0.4, 0.5) is 0 Å². The second-order valence-corrected chi connectivity index (χ2v) is 3.52. The number of aliphatic imine (C=N–C) groups is 1. The molecule has 2 atom stereocenters. The van der Waals surface area contributed by atoms with Crippen LogP contribution in [0.15, 0.2) is 4.99 Å². The number of aliphatic carboxylic acids is 2. The number of carboxylic acids is 2. The highest BCUT2D eigenvalue weighted by atomic mass is 16.4. The number of hydrogen-bond acceptors (Lipinski definition) is 6. The molecule has 19 heavy (non-hydrogen) atoms. The summed E-state index contributed by atoms with van der Waals surface area (Å²) in [6.07, 6.45) is 0.956. The van der Waals surface area contributed by atoms with Crippen LogP contribution in [0.5, 0.6) is 0 Å². The first kappa shape index (κ1) is 19.4. The van der Waals surface area contributed by atoms with Crippen molar-refractivity contribution in [2.75, 3.05) is 13.2 Å². The monoisotopic (exact) mass is 279 g/mol. The van der Waals surface area contributed by atoms with E-state index in [1.54, 1.807) is 0 Å². The van der Waals surface area contributed by atoms with Crippen LogP contribution >= 0.6 is 0 Å². The zero-order valence-corrected chi connectivity index (χ0v) is 10.4. The Kier molecular flexibility index (Phi) is 11.4. The van der Waals surface area contributed by atoms with Crippen molar-refractivity contribution in [1.82, 2.24) is 0 Å². The van der Waals surface area contributed by atoms with Gasteiger partial charge in [-0.3, -0.25) is 14.6 Å². The summed E-state index contributed by atoms with van der Waals surface area (Å²) >= 11 is 0. The molecule has 0 rings (SSSR count). The predicted octanol–water partition coefficient (Wildman–Crippen LogP) is -3.16. The van der Waals surface area contributed by atoms with Crippen LogP contribution in [0, 0.1) is 0 Å². The Morgan fingerprint density at radius 1 is 1.05 bits per heavy atom. The lowest BCUT2D eigenvalue weighted by atomic mass is 10.2. The topological polar surface area (TPSA) is 211 Å². The lowest BCUT2D eigenvalue weighted by Gasteiger charge is -2.03. The molecular weight excluding hydrogens is 258 g/mol. The average molecular weight is 279 g/mol. The summed E-state index contributed by atoms with van der Waals surface area (Å²) in [6, 6.07) is -1.95. The number of rotatable bonds is 7. The van der Waals surface area contributed by atoms with Gasteiger partial charge in [0, 0.05) is 6.54 Å². The maximum atomic E-state index is 10.2. The number of guanidine groups is 1. The van der Waals surface area contributed by atoms with E-state index in [0.717, 1.165) is 0 Å². The smallest absolute Gasteiger partial charge is 0.322 e. The summed E-state index contributed by atoms with van der Waals surface area (Å²) in [4.78, 5) is 23.5. The molecule has 0 spiro atoms. The van der Waals surface area contributed by atoms with E-state index >= 15 is 0 Å². The minimum Gasteiger partial charge on any atom is -0.480 e.